The van der Waals surface area contributed by atoms with Gasteiger partial charge in [0.1, 0.15) is 28.9 Å². The Morgan fingerprint density at radius 1 is 1.28 bits per heavy atom. The number of carbonyl (C=O) groups is 2. The first-order valence-corrected chi connectivity index (χ1v) is 11.6. The summed E-state index contributed by atoms with van der Waals surface area (Å²) in [6.45, 7) is 2.00. The SMILES string of the molecule is COc1ccc2c(c1)C(=O)N(CC1(c3cc4ccc(C(=O)NCC(C)O)cc4o3)NC(O)NC1O)C2. The van der Waals surface area contributed by atoms with E-state index < -0.39 is 24.2 Å². The third kappa shape index (κ3) is 4.21. The van der Waals surface area contributed by atoms with E-state index in [0.29, 0.717) is 34.4 Å². The molecule has 4 unspecified atom stereocenters. The summed E-state index contributed by atoms with van der Waals surface area (Å²) >= 11 is 0. The Labute approximate surface area is 206 Å². The lowest BCUT2D eigenvalue weighted by Crippen LogP contribution is -2.54. The Balaban J connectivity index is 1.46. The molecule has 0 saturated carbocycles. The van der Waals surface area contributed by atoms with Crippen molar-refractivity contribution in [2.75, 3.05) is 20.2 Å². The highest BCUT2D eigenvalue weighted by Gasteiger charge is 2.52. The number of aliphatic hydroxyl groups is 3. The average Bonchev–Trinajstić information content (AvgIpc) is 3.50. The van der Waals surface area contributed by atoms with Crippen molar-refractivity contribution in [2.45, 2.75) is 37.7 Å². The fraction of sp³-hybridized carbons (Fsp3) is 0.360. The molecule has 2 aromatic carbocycles. The van der Waals surface area contributed by atoms with Crippen LogP contribution in [0.25, 0.3) is 11.0 Å². The molecule has 0 aliphatic carbocycles. The van der Waals surface area contributed by atoms with E-state index in [-0.39, 0.29) is 30.7 Å². The number of rotatable bonds is 7. The first-order valence-electron chi connectivity index (χ1n) is 11.6. The van der Waals surface area contributed by atoms with Gasteiger partial charge in [-0.1, -0.05) is 12.1 Å². The quantitative estimate of drug-likeness (QED) is 0.269. The van der Waals surface area contributed by atoms with Crippen LogP contribution < -0.4 is 20.7 Å². The van der Waals surface area contributed by atoms with E-state index in [2.05, 4.69) is 16.0 Å². The first kappa shape index (κ1) is 24.2. The summed E-state index contributed by atoms with van der Waals surface area (Å²) in [7, 11) is 1.53. The predicted octanol–water partition coefficient (Wildman–Crippen LogP) is 0.190. The van der Waals surface area contributed by atoms with Gasteiger partial charge in [0.2, 0.25) is 0 Å². The molecule has 0 bridgehead atoms. The average molecular weight is 497 g/mol. The summed E-state index contributed by atoms with van der Waals surface area (Å²) in [6, 6.07) is 11.9. The number of methoxy groups -OCH3 is 1. The normalized spacial score (nSPS) is 24.2. The maximum atomic E-state index is 13.2. The first-order chi connectivity index (χ1) is 17.2. The van der Waals surface area contributed by atoms with Crippen molar-refractivity contribution in [1.29, 1.82) is 0 Å². The number of fused-ring (bicyclic) bond motifs is 2. The number of furan rings is 1. The number of aliphatic hydroxyl groups excluding tert-OH is 3. The van der Waals surface area contributed by atoms with Crippen molar-refractivity contribution in [3.63, 3.8) is 0 Å². The number of hydrogen-bond donors (Lipinski definition) is 6. The summed E-state index contributed by atoms with van der Waals surface area (Å²) in [5, 5.41) is 39.5. The van der Waals surface area contributed by atoms with Crippen molar-refractivity contribution in [1.82, 2.24) is 20.9 Å². The van der Waals surface area contributed by atoms with Crippen LogP contribution >= 0.6 is 0 Å². The van der Waals surface area contributed by atoms with Crippen molar-refractivity contribution >= 4 is 22.8 Å². The van der Waals surface area contributed by atoms with Gasteiger partial charge in [0.05, 0.1) is 19.8 Å². The lowest BCUT2D eigenvalue weighted by atomic mass is 9.94. The zero-order chi connectivity index (χ0) is 25.6. The number of hydrogen-bond acceptors (Lipinski definition) is 9. The molecule has 5 rings (SSSR count). The fourth-order valence-electron chi connectivity index (χ4n) is 4.70. The van der Waals surface area contributed by atoms with E-state index >= 15 is 0 Å². The highest BCUT2D eigenvalue weighted by molar-refractivity contribution is 5.99. The van der Waals surface area contributed by atoms with Crippen LogP contribution in [-0.2, 0) is 12.1 Å². The molecule has 1 saturated heterocycles. The molecule has 11 heteroatoms. The standard InChI is InChI=1S/C25H28N4O7/c1-13(30)10-26-21(31)15-4-3-14-8-20(36-19(14)7-15)25(23(33)27-24(34)28-25)12-29-11-16-5-6-17(35-2)9-18(16)22(29)32/h3-9,13,23-24,27-28,30,33-34H,10-12H2,1-2H3,(H,26,31). The summed E-state index contributed by atoms with van der Waals surface area (Å²) in [5.41, 5.74) is 0.715. The number of nitrogens with one attached hydrogen (secondary N) is 3. The van der Waals surface area contributed by atoms with E-state index in [0.717, 1.165) is 5.56 Å². The molecule has 4 atom stereocenters. The van der Waals surface area contributed by atoms with Crippen LogP contribution in [0.3, 0.4) is 0 Å². The van der Waals surface area contributed by atoms with Gasteiger partial charge in [-0.3, -0.25) is 20.2 Å². The summed E-state index contributed by atoms with van der Waals surface area (Å²) in [4.78, 5) is 27.2. The molecule has 3 heterocycles. The van der Waals surface area contributed by atoms with Gasteiger partial charge in [-0.25, -0.2) is 0 Å². The topological polar surface area (TPSA) is 157 Å². The second-order valence-corrected chi connectivity index (χ2v) is 9.19. The van der Waals surface area contributed by atoms with E-state index in [1.165, 1.54) is 7.11 Å². The van der Waals surface area contributed by atoms with Gasteiger partial charge < -0.3 is 34.7 Å². The Morgan fingerprint density at radius 2 is 2.08 bits per heavy atom. The van der Waals surface area contributed by atoms with Gasteiger partial charge in [0.25, 0.3) is 11.8 Å². The molecular weight excluding hydrogens is 468 g/mol. The molecule has 11 nitrogen and oxygen atoms in total. The molecule has 2 aliphatic heterocycles. The van der Waals surface area contributed by atoms with Crippen LogP contribution in [0.1, 0.15) is 39.0 Å². The highest BCUT2D eigenvalue weighted by atomic mass is 16.5. The maximum Gasteiger partial charge on any atom is 0.254 e. The molecule has 36 heavy (non-hydrogen) atoms. The Hall–Kier alpha value is -3.48. The Morgan fingerprint density at radius 3 is 2.78 bits per heavy atom. The lowest BCUT2D eigenvalue weighted by Gasteiger charge is -2.34. The molecule has 6 N–H and O–H groups in total. The van der Waals surface area contributed by atoms with E-state index in [1.807, 2.05) is 6.07 Å². The van der Waals surface area contributed by atoms with Gasteiger partial charge in [0, 0.05) is 29.6 Å². The van der Waals surface area contributed by atoms with Gasteiger partial charge in [-0.15, -0.1) is 0 Å². The number of ether oxygens (including phenoxy) is 1. The lowest BCUT2D eigenvalue weighted by molar-refractivity contribution is 0.0352. The largest absolute Gasteiger partial charge is 0.497 e. The van der Waals surface area contributed by atoms with Crippen LogP contribution in [0.2, 0.25) is 0 Å². The third-order valence-electron chi connectivity index (χ3n) is 6.59. The van der Waals surface area contributed by atoms with Crippen LogP contribution in [0.15, 0.2) is 46.9 Å². The van der Waals surface area contributed by atoms with Crippen molar-refractivity contribution in [3.05, 3.63) is 64.9 Å². The second kappa shape index (κ2) is 9.19. The minimum Gasteiger partial charge on any atom is -0.497 e. The van der Waals surface area contributed by atoms with E-state index in [1.54, 1.807) is 48.2 Å². The van der Waals surface area contributed by atoms with Crippen molar-refractivity contribution < 1.29 is 34.1 Å². The van der Waals surface area contributed by atoms with Crippen LogP contribution in [0, 0.1) is 0 Å². The van der Waals surface area contributed by atoms with Gasteiger partial charge in [-0.05, 0) is 42.8 Å². The molecule has 1 aromatic heterocycles. The number of carbonyl (C=O) groups excluding carboxylic acids is 2. The maximum absolute atomic E-state index is 13.2. The molecule has 0 radical (unpaired) electrons. The summed E-state index contributed by atoms with van der Waals surface area (Å²) in [5.74, 6) is 0.265. The Kier molecular flexibility index (Phi) is 6.18. The number of nitrogens with zero attached hydrogens (tertiary/aromatic N) is 1. The summed E-state index contributed by atoms with van der Waals surface area (Å²) < 4.78 is 11.3. The van der Waals surface area contributed by atoms with Gasteiger partial charge >= 0.3 is 0 Å². The Bertz CT molecular complexity index is 1320. The molecule has 0 spiro atoms. The molecule has 2 amide bonds. The summed E-state index contributed by atoms with van der Waals surface area (Å²) in [6.07, 6.45) is -3.20. The zero-order valence-corrected chi connectivity index (χ0v) is 19.8. The van der Waals surface area contributed by atoms with Crippen molar-refractivity contribution in [3.8, 4) is 5.75 Å². The highest BCUT2D eigenvalue weighted by Crippen LogP contribution is 2.37. The van der Waals surface area contributed by atoms with E-state index in [4.69, 9.17) is 9.15 Å². The minimum absolute atomic E-state index is 0.00436. The van der Waals surface area contributed by atoms with E-state index in [9.17, 15) is 24.9 Å². The predicted molar refractivity (Wildman–Crippen MR) is 128 cm³/mol. The van der Waals surface area contributed by atoms with Gasteiger partial charge in [0.15, 0.2) is 6.35 Å². The monoisotopic (exact) mass is 496 g/mol. The zero-order valence-electron chi connectivity index (χ0n) is 19.8. The van der Waals surface area contributed by atoms with Crippen LogP contribution in [0.5, 0.6) is 5.75 Å². The molecule has 2 aliphatic rings. The molecule has 3 aromatic rings. The van der Waals surface area contributed by atoms with Crippen LogP contribution in [-0.4, -0.2) is 70.9 Å². The molecular formula is C25H28N4O7. The fourth-order valence-corrected chi connectivity index (χ4v) is 4.70. The molecule has 190 valence electrons. The number of amides is 2. The smallest absolute Gasteiger partial charge is 0.254 e. The second-order valence-electron chi connectivity index (χ2n) is 9.19. The molecule has 1 fully saturated rings. The third-order valence-corrected chi connectivity index (χ3v) is 6.59. The number of benzene rings is 2. The van der Waals surface area contributed by atoms with Gasteiger partial charge in [-0.2, -0.15) is 0 Å². The van der Waals surface area contributed by atoms with Crippen LogP contribution in [0.4, 0.5) is 0 Å². The van der Waals surface area contributed by atoms with Crippen molar-refractivity contribution in [2.24, 2.45) is 0 Å². The minimum atomic E-state index is -1.37.